The Labute approximate surface area is 140 Å². The lowest BCUT2D eigenvalue weighted by atomic mass is 10.1. The van der Waals surface area contributed by atoms with E-state index >= 15 is 0 Å². The van der Waals surface area contributed by atoms with E-state index in [4.69, 9.17) is 9.47 Å². The van der Waals surface area contributed by atoms with E-state index in [1.165, 1.54) is 0 Å². The lowest BCUT2D eigenvalue weighted by molar-refractivity contribution is -0.123. The molecule has 0 radical (unpaired) electrons. The summed E-state index contributed by atoms with van der Waals surface area (Å²) in [4.78, 5) is 24.2. The topological polar surface area (TPSA) is 69.6 Å². The maximum atomic E-state index is 12.3. The van der Waals surface area contributed by atoms with E-state index in [0.717, 1.165) is 24.8 Å². The summed E-state index contributed by atoms with van der Waals surface area (Å²) < 4.78 is 12.7. The van der Waals surface area contributed by atoms with Gasteiger partial charge in [0, 0.05) is 31.3 Å². The summed E-state index contributed by atoms with van der Waals surface area (Å²) in [5, 5.41) is 4.13. The van der Waals surface area contributed by atoms with Crippen molar-refractivity contribution in [2.24, 2.45) is 0 Å². The fourth-order valence-corrected chi connectivity index (χ4v) is 2.89. The van der Waals surface area contributed by atoms with E-state index in [1.807, 2.05) is 13.0 Å². The fraction of sp³-hybridized carbons (Fsp3) is 0.444. The highest BCUT2D eigenvalue weighted by Crippen LogP contribution is 2.23. The molecule has 0 bridgehead atoms. The molecule has 0 saturated carbocycles. The molecule has 1 aromatic carbocycles. The third-order valence-corrected chi connectivity index (χ3v) is 4.23. The Morgan fingerprint density at radius 2 is 2.25 bits per heavy atom. The van der Waals surface area contributed by atoms with Crippen LogP contribution in [0.4, 0.5) is 0 Å². The first-order chi connectivity index (χ1) is 11.7. The molecule has 1 fully saturated rings. The van der Waals surface area contributed by atoms with Gasteiger partial charge < -0.3 is 19.4 Å². The number of aromatic nitrogens is 1. The van der Waals surface area contributed by atoms with Gasteiger partial charge >= 0.3 is 0 Å². The maximum absolute atomic E-state index is 12.3. The first kappa shape index (κ1) is 16.5. The number of nitrogens with zero attached hydrogens (tertiary/aromatic N) is 1. The number of benzene rings is 1. The number of hydrogen-bond acceptors (Lipinski definition) is 4. The number of nitrogens with one attached hydrogen (secondary N) is 1. The third kappa shape index (κ3) is 3.59. The van der Waals surface area contributed by atoms with Crippen LogP contribution in [0.3, 0.4) is 0 Å². The monoisotopic (exact) mass is 330 g/mol. The van der Waals surface area contributed by atoms with Crippen LogP contribution in [0.2, 0.25) is 0 Å². The molecule has 128 valence electrons. The van der Waals surface area contributed by atoms with Crippen molar-refractivity contribution in [2.45, 2.75) is 32.4 Å². The van der Waals surface area contributed by atoms with E-state index in [9.17, 15) is 9.59 Å². The van der Waals surface area contributed by atoms with Gasteiger partial charge in [-0.25, -0.2) is 0 Å². The number of carbonyl (C=O) groups is 1. The molecule has 0 unspecified atom stereocenters. The standard InChI is InChI=1S/C18H22N2O4/c1-2-20-9-8-14-15(18(20)22)6-3-7-16(14)24-12-17(21)19-11-13-5-4-10-23-13/h3,6-9,13H,2,4-5,10-12H2,1H3,(H,19,21)/t13-/m0/s1. The number of hydrogen-bond donors (Lipinski definition) is 1. The number of aryl methyl sites for hydroxylation is 1. The number of carbonyl (C=O) groups excluding carboxylic acids is 1. The molecule has 6 heteroatoms. The molecule has 24 heavy (non-hydrogen) atoms. The van der Waals surface area contributed by atoms with Crippen molar-refractivity contribution in [3.8, 4) is 5.75 Å². The zero-order valence-corrected chi connectivity index (χ0v) is 13.8. The first-order valence-corrected chi connectivity index (χ1v) is 8.32. The van der Waals surface area contributed by atoms with Crippen LogP contribution in [0.15, 0.2) is 35.3 Å². The molecule has 1 aliphatic rings. The van der Waals surface area contributed by atoms with Crippen LogP contribution in [0.1, 0.15) is 19.8 Å². The SMILES string of the molecule is CCn1ccc2c(OCC(=O)NC[C@@H]3CCCO3)cccc2c1=O. The average molecular weight is 330 g/mol. The Bertz CT molecular complexity index is 778. The van der Waals surface area contributed by atoms with Crippen LogP contribution < -0.4 is 15.6 Å². The molecule has 2 aromatic rings. The van der Waals surface area contributed by atoms with Crippen molar-refractivity contribution in [3.05, 3.63) is 40.8 Å². The first-order valence-electron chi connectivity index (χ1n) is 8.32. The van der Waals surface area contributed by atoms with E-state index in [0.29, 0.717) is 24.2 Å². The maximum Gasteiger partial charge on any atom is 0.258 e. The van der Waals surface area contributed by atoms with Gasteiger partial charge in [0.05, 0.1) is 11.5 Å². The van der Waals surface area contributed by atoms with Crippen molar-refractivity contribution in [2.75, 3.05) is 19.8 Å². The van der Waals surface area contributed by atoms with E-state index < -0.39 is 0 Å². The second kappa shape index (κ2) is 7.49. The minimum absolute atomic E-state index is 0.0525. The Kier molecular flexibility index (Phi) is 5.15. The van der Waals surface area contributed by atoms with E-state index in [1.54, 1.807) is 29.0 Å². The summed E-state index contributed by atoms with van der Waals surface area (Å²) in [5.41, 5.74) is -0.0525. The minimum Gasteiger partial charge on any atom is -0.483 e. The van der Waals surface area contributed by atoms with Crippen LogP contribution >= 0.6 is 0 Å². The third-order valence-electron chi connectivity index (χ3n) is 4.23. The average Bonchev–Trinajstić information content (AvgIpc) is 3.12. The van der Waals surface area contributed by atoms with Crippen LogP contribution in [-0.2, 0) is 16.1 Å². The van der Waals surface area contributed by atoms with Crippen molar-refractivity contribution < 1.29 is 14.3 Å². The summed E-state index contributed by atoms with van der Waals surface area (Å²) in [7, 11) is 0. The Morgan fingerprint density at radius 1 is 1.38 bits per heavy atom. The molecular weight excluding hydrogens is 308 g/mol. The smallest absolute Gasteiger partial charge is 0.258 e. The summed E-state index contributed by atoms with van der Waals surface area (Å²) >= 11 is 0. The second-order valence-corrected chi connectivity index (χ2v) is 5.85. The Hall–Kier alpha value is -2.34. The van der Waals surface area contributed by atoms with Crippen LogP contribution in [0.25, 0.3) is 10.8 Å². The van der Waals surface area contributed by atoms with Gasteiger partial charge in [-0.05, 0) is 38.0 Å². The van der Waals surface area contributed by atoms with Gasteiger partial charge in [0.2, 0.25) is 0 Å². The van der Waals surface area contributed by atoms with Gasteiger partial charge in [-0.15, -0.1) is 0 Å². The van der Waals surface area contributed by atoms with Gasteiger partial charge in [-0.2, -0.15) is 0 Å². The number of amides is 1. The molecular formula is C18H22N2O4. The van der Waals surface area contributed by atoms with Gasteiger partial charge in [0.25, 0.3) is 11.5 Å². The molecule has 1 amide bonds. The zero-order valence-electron chi connectivity index (χ0n) is 13.8. The second-order valence-electron chi connectivity index (χ2n) is 5.85. The summed E-state index contributed by atoms with van der Waals surface area (Å²) in [5.74, 6) is 0.351. The number of rotatable bonds is 6. The molecule has 1 atom stereocenters. The molecule has 1 N–H and O–H groups in total. The summed E-state index contributed by atoms with van der Waals surface area (Å²) in [6.45, 7) is 3.74. The zero-order chi connectivity index (χ0) is 16.9. The Morgan fingerprint density at radius 3 is 3.00 bits per heavy atom. The number of ether oxygens (including phenoxy) is 2. The quantitative estimate of drug-likeness (QED) is 0.875. The molecule has 3 rings (SSSR count). The number of pyridine rings is 1. The van der Waals surface area contributed by atoms with Crippen LogP contribution in [0, 0.1) is 0 Å². The van der Waals surface area contributed by atoms with Gasteiger partial charge in [-0.1, -0.05) is 6.07 Å². The highest BCUT2D eigenvalue weighted by Gasteiger charge is 2.16. The fourth-order valence-electron chi connectivity index (χ4n) is 2.89. The van der Waals surface area contributed by atoms with E-state index in [2.05, 4.69) is 5.32 Å². The molecule has 0 aliphatic carbocycles. The van der Waals surface area contributed by atoms with Crippen molar-refractivity contribution >= 4 is 16.7 Å². The van der Waals surface area contributed by atoms with Crippen molar-refractivity contribution in [3.63, 3.8) is 0 Å². The lowest BCUT2D eigenvalue weighted by Crippen LogP contribution is -2.35. The molecule has 0 spiro atoms. The van der Waals surface area contributed by atoms with Crippen molar-refractivity contribution in [1.82, 2.24) is 9.88 Å². The largest absolute Gasteiger partial charge is 0.483 e. The Balaban J connectivity index is 1.65. The predicted molar refractivity (Wildman–Crippen MR) is 91.4 cm³/mol. The van der Waals surface area contributed by atoms with E-state index in [-0.39, 0.29) is 24.2 Å². The molecule has 1 aliphatic heterocycles. The summed E-state index contributed by atoms with van der Waals surface area (Å²) in [6.07, 6.45) is 3.88. The van der Waals surface area contributed by atoms with Crippen LogP contribution in [0.5, 0.6) is 5.75 Å². The normalized spacial score (nSPS) is 17.1. The lowest BCUT2D eigenvalue weighted by Gasteiger charge is -2.12. The molecule has 1 aromatic heterocycles. The van der Waals surface area contributed by atoms with Gasteiger partial charge in [-0.3, -0.25) is 9.59 Å². The number of fused-ring (bicyclic) bond motifs is 1. The predicted octanol–water partition coefficient (Wildman–Crippen LogP) is 1.70. The highest BCUT2D eigenvalue weighted by atomic mass is 16.5. The molecule has 6 nitrogen and oxygen atoms in total. The summed E-state index contributed by atoms with van der Waals surface area (Å²) in [6, 6.07) is 7.16. The van der Waals surface area contributed by atoms with Gasteiger partial charge in [0.1, 0.15) is 5.75 Å². The van der Waals surface area contributed by atoms with Crippen LogP contribution in [-0.4, -0.2) is 36.3 Å². The van der Waals surface area contributed by atoms with Crippen molar-refractivity contribution in [1.29, 1.82) is 0 Å². The highest BCUT2D eigenvalue weighted by molar-refractivity contribution is 5.88. The van der Waals surface area contributed by atoms with Gasteiger partial charge in [0.15, 0.2) is 6.61 Å². The minimum atomic E-state index is -0.190. The molecule has 2 heterocycles. The molecule has 1 saturated heterocycles.